The Bertz CT molecular complexity index is 530. The number of carbonyl (C=O) groups excluding carboxylic acids is 1. The molecule has 7 heteroatoms. The van der Waals surface area contributed by atoms with Gasteiger partial charge in [0.1, 0.15) is 11.4 Å². The number of hydrogen-bond donors (Lipinski definition) is 2. The summed E-state index contributed by atoms with van der Waals surface area (Å²) in [5.41, 5.74) is 5.28. The molecule has 0 spiro atoms. The van der Waals surface area contributed by atoms with Crippen LogP contribution in [0.4, 0.5) is 13.6 Å². The smallest absolute Gasteiger partial charge is 0.407 e. The molecule has 0 aliphatic rings. The third-order valence-electron chi connectivity index (χ3n) is 2.86. The average molecular weight is 316 g/mol. The van der Waals surface area contributed by atoms with E-state index in [-0.39, 0.29) is 24.4 Å². The molecular weight excluding hydrogens is 294 g/mol. The highest BCUT2D eigenvalue weighted by atomic mass is 19.1. The van der Waals surface area contributed by atoms with Gasteiger partial charge in [0.2, 0.25) is 0 Å². The van der Waals surface area contributed by atoms with E-state index in [1.54, 1.807) is 20.8 Å². The highest BCUT2D eigenvalue weighted by molar-refractivity contribution is 5.67. The Balaban J connectivity index is 2.87. The molecule has 0 fully saturated rings. The number of ether oxygens (including phenoxy) is 2. The summed E-state index contributed by atoms with van der Waals surface area (Å²) in [5, 5.41) is 2.54. The van der Waals surface area contributed by atoms with E-state index in [1.165, 1.54) is 7.11 Å². The summed E-state index contributed by atoms with van der Waals surface area (Å²) in [5.74, 6) is -2.13. The van der Waals surface area contributed by atoms with Crippen molar-refractivity contribution in [1.82, 2.24) is 5.32 Å². The van der Waals surface area contributed by atoms with Crippen LogP contribution in [0.15, 0.2) is 12.1 Å². The van der Waals surface area contributed by atoms with E-state index in [0.29, 0.717) is 0 Å². The van der Waals surface area contributed by atoms with Crippen LogP contribution in [-0.4, -0.2) is 31.9 Å². The van der Waals surface area contributed by atoms with Crippen molar-refractivity contribution in [2.24, 2.45) is 5.73 Å². The molecule has 0 heterocycles. The second-order valence-electron chi connectivity index (χ2n) is 5.83. The maximum atomic E-state index is 13.7. The lowest BCUT2D eigenvalue weighted by molar-refractivity contribution is 0.0524. The second-order valence-corrected chi connectivity index (χ2v) is 5.83. The van der Waals surface area contributed by atoms with Gasteiger partial charge in [0.25, 0.3) is 0 Å². The third-order valence-corrected chi connectivity index (χ3v) is 2.86. The highest BCUT2D eigenvalue weighted by Gasteiger charge is 2.22. The average Bonchev–Trinajstić information content (AvgIpc) is 2.36. The fraction of sp³-hybridized carbons (Fsp3) is 0.533. The molecule has 5 nitrogen and oxygen atoms in total. The molecule has 0 saturated carbocycles. The Morgan fingerprint density at radius 1 is 1.36 bits per heavy atom. The molecule has 0 aliphatic heterocycles. The van der Waals surface area contributed by atoms with Gasteiger partial charge in [-0.25, -0.2) is 13.6 Å². The van der Waals surface area contributed by atoms with Gasteiger partial charge in [-0.2, -0.15) is 0 Å². The first-order valence-corrected chi connectivity index (χ1v) is 6.87. The lowest BCUT2D eigenvalue weighted by atomic mass is 9.97. The van der Waals surface area contributed by atoms with E-state index in [0.717, 1.165) is 12.1 Å². The van der Waals surface area contributed by atoms with Crippen molar-refractivity contribution in [3.8, 4) is 5.75 Å². The van der Waals surface area contributed by atoms with E-state index in [9.17, 15) is 13.6 Å². The second kappa shape index (κ2) is 7.40. The Hall–Kier alpha value is -1.89. The van der Waals surface area contributed by atoms with Crippen LogP contribution in [0.2, 0.25) is 0 Å². The van der Waals surface area contributed by atoms with Gasteiger partial charge in [-0.1, -0.05) is 0 Å². The van der Waals surface area contributed by atoms with Crippen LogP contribution in [0.5, 0.6) is 5.75 Å². The molecule has 22 heavy (non-hydrogen) atoms. The first kappa shape index (κ1) is 18.2. The Morgan fingerprint density at radius 2 is 2.00 bits per heavy atom. The minimum Gasteiger partial charge on any atom is -0.493 e. The largest absolute Gasteiger partial charge is 0.493 e. The normalized spacial score (nSPS) is 12.7. The molecule has 0 bridgehead atoms. The van der Waals surface area contributed by atoms with Crippen molar-refractivity contribution in [1.29, 1.82) is 0 Å². The van der Waals surface area contributed by atoms with Crippen molar-refractivity contribution in [2.45, 2.75) is 32.3 Å². The SMILES string of the molecule is COc1c(F)cc(F)cc1C(CN)CNC(=O)OC(C)(C)C. The number of nitrogens with two attached hydrogens (primary N) is 1. The molecule has 1 aromatic carbocycles. The highest BCUT2D eigenvalue weighted by Crippen LogP contribution is 2.30. The molecule has 1 rings (SSSR count). The van der Waals surface area contributed by atoms with E-state index in [2.05, 4.69) is 5.32 Å². The predicted molar refractivity (Wildman–Crippen MR) is 78.9 cm³/mol. The summed E-state index contributed by atoms with van der Waals surface area (Å²) in [7, 11) is 1.29. The molecule has 3 N–H and O–H groups in total. The summed E-state index contributed by atoms with van der Waals surface area (Å²) in [4.78, 5) is 11.6. The van der Waals surface area contributed by atoms with Gasteiger partial charge in [-0.05, 0) is 26.8 Å². The summed E-state index contributed by atoms with van der Waals surface area (Å²) in [6.45, 7) is 5.35. The molecule has 1 amide bonds. The Kier molecular flexibility index (Phi) is 6.11. The minimum absolute atomic E-state index is 0.0741. The van der Waals surface area contributed by atoms with Crippen LogP contribution in [0.3, 0.4) is 0 Å². The number of benzene rings is 1. The van der Waals surface area contributed by atoms with E-state index in [1.807, 2.05) is 0 Å². The van der Waals surface area contributed by atoms with Gasteiger partial charge in [0.15, 0.2) is 11.6 Å². The Labute approximate surface area is 128 Å². The first-order chi connectivity index (χ1) is 10.2. The lowest BCUT2D eigenvalue weighted by Gasteiger charge is -2.22. The number of halogens is 2. The fourth-order valence-corrected chi connectivity index (χ4v) is 1.94. The molecule has 1 atom stereocenters. The molecule has 0 aliphatic carbocycles. The molecule has 0 saturated heterocycles. The van der Waals surface area contributed by atoms with Crippen molar-refractivity contribution < 1.29 is 23.0 Å². The van der Waals surface area contributed by atoms with Gasteiger partial charge in [-0.15, -0.1) is 0 Å². The van der Waals surface area contributed by atoms with Crippen molar-refractivity contribution >= 4 is 6.09 Å². The zero-order valence-corrected chi connectivity index (χ0v) is 13.2. The summed E-state index contributed by atoms with van der Waals surface area (Å²) < 4.78 is 37.2. The van der Waals surface area contributed by atoms with Gasteiger partial charge in [0.05, 0.1) is 7.11 Å². The molecule has 0 aromatic heterocycles. The maximum Gasteiger partial charge on any atom is 0.407 e. The van der Waals surface area contributed by atoms with Gasteiger partial charge in [-0.3, -0.25) is 0 Å². The monoisotopic (exact) mass is 316 g/mol. The van der Waals surface area contributed by atoms with Crippen molar-refractivity contribution in [3.05, 3.63) is 29.3 Å². The zero-order valence-electron chi connectivity index (χ0n) is 13.2. The summed E-state index contributed by atoms with van der Waals surface area (Å²) >= 11 is 0. The van der Waals surface area contributed by atoms with Crippen LogP contribution in [0, 0.1) is 11.6 Å². The zero-order chi connectivity index (χ0) is 16.9. The van der Waals surface area contributed by atoms with E-state index in [4.69, 9.17) is 15.2 Å². The topological polar surface area (TPSA) is 73.6 Å². The van der Waals surface area contributed by atoms with Crippen LogP contribution in [0.25, 0.3) is 0 Å². The number of amides is 1. The predicted octanol–water partition coefficient (Wildman–Crippen LogP) is 2.54. The van der Waals surface area contributed by atoms with E-state index < -0.39 is 29.2 Å². The lowest BCUT2D eigenvalue weighted by Crippen LogP contribution is -2.36. The number of carbonyl (C=O) groups is 1. The number of methoxy groups -OCH3 is 1. The number of rotatable bonds is 5. The van der Waals surface area contributed by atoms with Gasteiger partial charge < -0.3 is 20.5 Å². The first-order valence-electron chi connectivity index (χ1n) is 6.87. The van der Waals surface area contributed by atoms with Crippen LogP contribution in [-0.2, 0) is 4.74 Å². The minimum atomic E-state index is -0.812. The number of hydrogen-bond acceptors (Lipinski definition) is 4. The molecule has 1 aromatic rings. The third kappa shape index (κ3) is 5.14. The van der Waals surface area contributed by atoms with Crippen LogP contribution < -0.4 is 15.8 Å². The summed E-state index contributed by atoms with van der Waals surface area (Å²) in [6, 6.07) is 1.88. The van der Waals surface area contributed by atoms with E-state index >= 15 is 0 Å². The van der Waals surface area contributed by atoms with Gasteiger partial charge >= 0.3 is 6.09 Å². The standard InChI is InChI=1S/C15H22F2N2O3/c1-15(2,3)22-14(20)19-8-9(7-18)11-5-10(16)6-12(17)13(11)21-4/h5-6,9H,7-8,18H2,1-4H3,(H,19,20). The number of alkyl carbamates (subject to hydrolysis) is 1. The van der Waals surface area contributed by atoms with Crippen molar-refractivity contribution in [3.63, 3.8) is 0 Å². The van der Waals surface area contributed by atoms with Crippen LogP contribution in [0.1, 0.15) is 32.3 Å². The van der Waals surface area contributed by atoms with Crippen LogP contribution >= 0.6 is 0 Å². The molecular formula is C15H22F2N2O3. The molecule has 1 unspecified atom stereocenters. The quantitative estimate of drug-likeness (QED) is 0.875. The fourth-order valence-electron chi connectivity index (χ4n) is 1.94. The molecule has 0 radical (unpaired) electrons. The van der Waals surface area contributed by atoms with Gasteiger partial charge in [0, 0.05) is 30.6 Å². The summed E-state index contributed by atoms with van der Waals surface area (Å²) in [6.07, 6.45) is -0.623. The molecule has 124 valence electrons. The maximum absolute atomic E-state index is 13.7. The number of nitrogens with one attached hydrogen (secondary N) is 1. The Morgan fingerprint density at radius 3 is 2.50 bits per heavy atom. The van der Waals surface area contributed by atoms with Crippen molar-refractivity contribution in [2.75, 3.05) is 20.2 Å².